The van der Waals surface area contributed by atoms with Crippen molar-refractivity contribution in [3.8, 4) is 0 Å². The Bertz CT molecular complexity index is 730. The van der Waals surface area contributed by atoms with E-state index in [9.17, 15) is 9.59 Å². The molecule has 7 nitrogen and oxygen atoms in total. The molecular formula is C20H26O7. The molecule has 0 aromatic rings. The van der Waals surface area contributed by atoms with Crippen molar-refractivity contribution >= 4 is 11.9 Å². The van der Waals surface area contributed by atoms with Crippen LogP contribution in [0.15, 0.2) is 24.3 Å². The van der Waals surface area contributed by atoms with Gasteiger partial charge in [0.15, 0.2) is 0 Å². The minimum Gasteiger partial charge on any atom is -0.458 e. The SMILES string of the molecule is C=C1[C@@H]2[C@H]3OC(=O)C(=C)[C@@H]3C[C@H]3O[C@](C)(OC)O[C@@H](C[C@H]1OC(C)=O)[C@@]23C. The van der Waals surface area contributed by atoms with Gasteiger partial charge in [0.25, 0.3) is 5.97 Å². The largest absolute Gasteiger partial charge is 0.458 e. The van der Waals surface area contributed by atoms with E-state index >= 15 is 0 Å². The molecule has 4 rings (SSSR count). The van der Waals surface area contributed by atoms with Crippen molar-refractivity contribution in [2.24, 2.45) is 17.3 Å². The van der Waals surface area contributed by atoms with Crippen LogP contribution in [-0.4, -0.2) is 49.4 Å². The van der Waals surface area contributed by atoms with E-state index in [-0.39, 0.29) is 36.0 Å². The number of hydrogen-bond donors (Lipinski definition) is 0. The van der Waals surface area contributed by atoms with E-state index in [0.29, 0.717) is 18.4 Å². The van der Waals surface area contributed by atoms with Gasteiger partial charge in [0.1, 0.15) is 12.2 Å². The van der Waals surface area contributed by atoms with Crippen LogP contribution in [0.4, 0.5) is 0 Å². The second-order valence-electron chi connectivity index (χ2n) is 8.27. The number of methoxy groups -OCH3 is 1. The van der Waals surface area contributed by atoms with Crippen molar-refractivity contribution in [1.82, 2.24) is 0 Å². The highest BCUT2D eigenvalue weighted by Crippen LogP contribution is 2.62. The second kappa shape index (κ2) is 5.90. The number of carbonyl (C=O) groups excluding carboxylic acids is 2. The van der Waals surface area contributed by atoms with E-state index in [4.69, 9.17) is 23.7 Å². The number of fused-ring (bicyclic) bond motifs is 2. The van der Waals surface area contributed by atoms with Crippen LogP contribution in [0.25, 0.3) is 0 Å². The number of rotatable bonds is 2. The van der Waals surface area contributed by atoms with Crippen LogP contribution in [0.1, 0.15) is 33.6 Å². The van der Waals surface area contributed by atoms with Crippen molar-refractivity contribution < 1.29 is 33.3 Å². The Morgan fingerprint density at radius 3 is 2.41 bits per heavy atom. The summed E-state index contributed by atoms with van der Waals surface area (Å²) in [6.45, 7) is 13.3. The summed E-state index contributed by atoms with van der Waals surface area (Å²) < 4.78 is 29.1. The molecule has 8 atom stereocenters. The van der Waals surface area contributed by atoms with E-state index in [2.05, 4.69) is 20.1 Å². The third-order valence-corrected chi connectivity index (χ3v) is 6.84. The van der Waals surface area contributed by atoms with Gasteiger partial charge in [-0.15, -0.1) is 0 Å². The van der Waals surface area contributed by atoms with Gasteiger partial charge in [-0.1, -0.05) is 20.1 Å². The highest BCUT2D eigenvalue weighted by Gasteiger charge is 2.68. The first-order chi connectivity index (χ1) is 12.6. The molecule has 0 N–H and O–H groups in total. The Kier molecular flexibility index (Phi) is 4.07. The molecular weight excluding hydrogens is 352 g/mol. The summed E-state index contributed by atoms with van der Waals surface area (Å²) in [7, 11) is 1.53. The minimum atomic E-state index is -1.21. The van der Waals surface area contributed by atoms with Gasteiger partial charge in [-0.2, -0.15) is 0 Å². The first-order valence-corrected chi connectivity index (χ1v) is 9.27. The molecule has 2 aliphatic heterocycles. The second-order valence-corrected chi connectivity index (χ2v) is 8.27. The quantitative estimate of drug-likeness (QED) is 0.414. The fraction of sp³-hybridized carbons (Fsp3) is 0.700. The summed E-state index contributed by atoms with van der Waals surface area (Å²) in [5.41, 5.74) is 0.701. The molecule has 2 aliphatic carbocycles. The van der Waals surface area contributed by atoms with Crippen molar-refractivity contribution in [2.45, 2.75) is 64.0 Å². The smallest absolute Gasteiger partial charge is 0.334 e. The normalized spacial score (nSPS) is 48.5. The molecule has 4 fully saturated rings. The number of ether oxygens (including phenoxy) is 5. The van der Waals surface area contributed by atoms with Crippen LogP contribution in [0.3, 0.4) is 0 Å². The number of carbonyl (C=O) groups is 2. The zero-order valence-corrected chi connectivity index (χ0v) is 16.2. The molecule has 2 saturated carbocycles. The molecule has 0 amide bonds. The van der Waals surface area contributed by atoms with Crippen LogP contribution < -0.4 is 0 Å². The van der Waals surface area contributed by atoms with E-state index in [0.717, 1.165) is 5.57 Å². The van der Waals surface area contributed by atoms with Crippen LogP contribution in [0.5, 0.6) is 0 Å². The van der Waals surface area contributed by atoms with Crippen LogP contribution >= 0.6 is 0 Å². The monoisotopic (exact) mass is 378 g/mol. The zero-order valence-electron chi connectivity index (χ0n) is 16.2. The predicted molar refractivity (Wildman–Crippen MR) is 93.2 cm³/mol. The van der Waals surface area contributed by atoms with E-state index < -0.39 is 23.6 Å². The summed E-state index contributed by atoms with van der Waals surface area (Å²) in [4.78, 5) is 23.9. The Morgan fingerprint density at radius 1 is 1.19 bits per heavy atom. The Hall–Kier alpha value is -1.70. The maximum absolute atomic E-state index is 12.2. The first kappa shape index (κ1) is 18.7. The lowest BCUT2D eigenvalue weighted by atomic mass is 9.52. The minimum absolute atomic E-state index is 0.173. The summed E-state index contributed by atoms with van der Waals surface area (Å²) in [6, 6.07) is 0. The fourth-order valence-corrected chi connectivity index (χ4v) is 5.38. The number of hydrogen-bond acceptors (Lipinski definition) is 7. The maximum Gasteiger partial charge on any atom is 0.334 e. The molecule has 0 bridgehead atoms. The van der Waals surface area contributed by atoms with Gasteiger partial charge < -0.3 is 23.7 Å². The third kappa shape index (κ3) is 2.52. The van der Waals surface area contributed by atoms with Crippen molar-refractivity contribution in [1.29, 1.82) is 0 Å². The molecule has 7 heteroatoms. The lowest BCUT2D eigenvalue weighted by molar-refractivity contribution is -0.458. The number of esters is 2. The van der Waals surface area contributed by atoms with Crippen LogP contribution in [0, 0.1) is 17.3 Å². The van der Waals surface area contributed by atoms with Gasteiger partial charge in [0, 0.05) is 50.2 Å². The summed E-state index contributed by atoms with van der Waals surface area (Å²) in [5.74, 6) is -2.43. The van der Waals surface area contributed by atoms with Crippen LogP contribution in [0.2, 0.25) is 0 Å². The summed E-state index contributed by atoms with van der Waals surface area (Å²) >= 11 is 0. The van der Waals surface area contributed by atoms with Crippen molar-refractivity contribution in [2.75, 3.05) is 7.11 Å². The van der Waals surface area contributed by atoms with Gasteiger partial charge in [0.05, 0.1) is 12.2 Å². The van der Waals surface area contributed by atoms with Gasteiger partial charge in [-0.05, 0) is 12.0 Å². The lowest BCUT2D eigenvalue weighted by Gasteiger charge is -2.62. The Morgan fingerprint density at radius 2 is 1.81 bits per heavy atom. The van der Waals surface area contributed by atoms with Gasteiger partial charge in [-0.3, -0.25) is 4.79 Å². The molecule has 2 saturated heterocycles. The first-order valence-electron chi connectivity index (χ1n) is 9.27. The average Bonchev–Trinajstić information content (AvgIpc) is 2.86. The molecule has 148 valence electrons. The Labute approximate surface area is 158 Å². The van der Waals surface area contributed by atoms with Crippen molar-refractivity contribution in [3.05, 3.63) is 24.3 Å². The van der Waals surface area contributed by atoms with E-state index in [1.165, 1.54) is 14.0 Å². The molecule has 0 spiro atoms. The highest BCUT2D eigenvalue weighted by atomic mass is 16.9. The molecule has 2 heterocycles. The molecule has 4 aliphatic rings. The highest BCUT2D eigenvalue weighted by molar-refractivity contribution is 5.91. The molecule has 0 aromatic heterocycles. The van der Waals surface area contributed by atoms with E-state index in [1.807, 2.05) is 0 Å². The fourth-order valence-electron chi connectivity index (χ4n) is 5.38. The summed E-state index contributed by atoms with van der Waals surface area (Å²) in [6.07, 6.45) is -0.429. The predicted octanol–water partition coefficient (Wildman–Crippen LogP) is 2.11. The Balaban J connectivity index is 1.80. The van der Waals surface area contributed by atoms with Gasteiger partial charge in [0.2, 0.25) is 0 Å². The summed E-state index contributed by atoms with van der Waals surface area (Å²) in [5, 5.41) is 0. The average molecular weight is 378 g/mol. The standard InChI is InChI=1S/C20H26O7/c1-9-12-7-14-19(4)15(27-20(5,23-6)26-14)8-13(24-11(3)21)10(2)16(19)17(12)25-18(9)22/h12-17H,1-2,7-8H2,3-6H3/t12-,13+,14+,15-,16+,17-,19-,20-/m0/s1. The van der Waals surface area contributed by atoms with Gasteiger partial charge in [-0.25, -0.2) is 4.79 Å². The van der Waals surface area contributed by atoms with Crippen LogP contribution in [-0.2, 0) is 33.3 Å². The third-order valence-electron chi connectivity index (χ3n) is 6.84. The molecule has 0 unspecified atom stereocenters. The molecule has 0 radical (unpaired) electrons. The topological polar surface area (TPSA) is 80.3 Å². The zero-order chi connectivity index (χ0) is 19.7. The molecule has 27 heavy (non-hydrogen) atoms. The lowest BCUT2D eigenvalue weighted by Crippen LogP contribution is -2.69. The molecule has 0 aromatic carbocycles. The van der Waals surface area contributed by atoms with Crippen molar-refractivity contribution in [3.63, 3.8) is 0 Å². The van der Waals surface area contributed by atoms with E-state index in [1.54, 1.807) is 6.92 Å². The van der Waals surface area contributed by atoms with Gasteiger partial charge >= 0.3 is 11.9 Å². The maximum atomic E-state index is 12.2.